The van der Waals surface area contributed by atoms with Gasteiger partial charge in [-0.05, 0) is 38.3 Å². The Hall–Kier alpha value is -1.67. The van der Waals surface area contributed by atoms with E-state index in [1.807, 2.05) is 0 Å². The monoisotopic (exact) mass is 380 g/mol. The number of carbonyl (C=O) groups excluding carboxylic acids is 1. The molecule has 1 unspecified atom stereocenters. The predicted molar refractivity (Wildman–Crippen MR) is 107 cm³/mol. The van der Waals surface area contributed by atoms with E-state index < -0.39 is 0 Å². The minimum Gasteiger partial charge on any atom is -0.369 e. The fourth-order valence-electron chi connectivity index (χ4n) is 3.05. The molecule has 0 saturated carbocycles. The average molecular weight is 381 g/mol. The number of primary amides is 1. The predicted octanol–water partition coefficient (Wildman–Crippen LogP) is 1.52. The number of likely N-dealkylation sites (tertiary alicyclic amines) is 1. The van der Waals surface area contributed by atoms with E-state index in [2.05, 4.69) is 44.7 Å². The second-order valence-corrected chi connectivity index (χ2v) is 8.01. The molecule has 0 aliphatic carbocycles. The fourth-order valence-corrected chi connectivity index (χ4v) is 3.95. The molecule has 1 fully saturated rings. The molecule has 2 rings (SSSR count). The van der Waals surface area contributed by atoms with Gasteiger partial charge in [0.25, 0.3) is 0 Å². The molecule has 4 N–H and O–H groups in total. The van der Waals surface area contributed by atoms with Gasteiger partial charge in [0.05, 0.1) is 18.2 Å². The highest BCUT2D eigenvalue weighted by atomic mass is 32.1. The molecule has 26 heavy (non-hydrogen) atoms. The van der Waals surface area contributed by atoms with Crippen LogP contribution in [-0.2, 0) is 11.3 Å². The van der Waals surface area contributed by atoms with Gasteiger partial charge >= 0.3 is 0 Å². The third-order valence-electron chi connectivity index (χ3n) is 4.64. The van der Waals surface area contributed by atoms with Crippen LogP contribution in [0.15, 0.2) is 10.4 Å². The summed E-state index contributed by atoms with van der Waals surface area (Å²) in [5.41, 5.74) is 6.58. The fraction of sp³-hybridized carbons (Fsp3) is 0.722. The molecule has 1 saturated heterocycles. The van der Waals surface area contributed by atoms with Crippen molar-refractivity contribution in [2.75, 3.05) is 33.2 Å². The van der Waals surface area contributed by atoms with Crippen LogP contribution in [0.1, 0.15) is 49.7 Å². The van der Waals surface area contributed by atoms with E-state index in [9.17, 15) is 4.79 Å². The molecule has 0 radical (unpaired) electrons. The molecule has 8 heteroatoms. The van der Waals surface area contributed by atoms with Gasteiger partial charge in [0.15, 0.2) is 5.96 Å². The smallest absolute Gasteiger partial charge is 0.221 e. The van der Waals surface area contributed by atoms with Crippen LogP contribution in [0.2, 0.25) is 0 Å². The highest BCUT2D eigenvalue weighted by molar-refractivity contribution is 7.09. The number of hydrogen-bond donors (Lipinski definition) is 3. The Kier molecular flexibility index (Phi) is 8.31. The minimum absolute atomic E-state index is 0.0140. The third kappa shape index (κ3) is 6.57. The van der Waals surface area contributed by atoms with E-state index in [1.165, 1.54) is 0 Å². The lowest BCUT2D eigenvalue weighted by Gasteiger charge is -2.31. The van der Waals surface area contributed by atoms with E-state index in [0.29, 0.717) is 12.5 Å². The average Bonchev–Trinajstić information content (AvgIpc) is 3.10. The Morgan fingerprint density at radius 3 is 2.96 bits per heavy atom. The van der Waals surface area contributed by atoms with Crippen molar-refractivity contribution in [1.29, 1.82) is 0 Å². The molecule has 0 spiro atoms. The van der Waals surface area contributed by atoms with Crippen LogP contribution in [0.3, 0.4) is 0 Å². The van der Waals surface area contributed by atoms with Crippen LogP contribution in [0.5, 0.6) is 0 Å². The number of aromatic nitrogens is 1. The molecule has 0 aromatic carbocycles. The Bertz CT molecular complexity index is 600. The Balaban J connectivity index is 1.64. The van der Waals surface area contributed by atoms with Gasteiger partial charge in [-0.3, -0.25) is 9.79 Å². The normalized spacial score (nSPS) is 18.9. The van der Waals surface area contributed by atoms with E-state index >= 15 is 0 Å². The summed E-state index contributed by atoms with van der Waals surface area (Å²) in [5.74, 6) is 1.10. The first-order valence-corrected chi connectivity index (χ1v) is 10.3. The van der Waals surface area contributed by atoms with Crippen molar-refractivity contribution >= 4 is 23.2 Å². The quantitative estimate of drug-likeness (QED) is 0.361. The summed E-state index contributed by atoms with van der Waals surface area (Å²) in [4.78, 5) is 22.6. The molecule has 1 aliphatic rings. The Labute approximate surface area is 160 Å². The van der Waals surface area contributed by atoms with Crippen LogP contribution >= 0.6 is 11.3 Å². The van der Waals surface area contributed by atoms with Crippen LogP contribution in [0, 0.1) is 5.92 Å². The lowest BCUT2D eigenvalue weighted by molar-refractivity contribution is -0.123. The van der Waals surface area contributed by atoms with Crippen molar-refractivity contribution in [1.82, 2.24) is 20.5 Å². The number of nitrogens with zero attached hydrogens (tertiary/aromatic N) is 3. The number of rotatable bonds is 8. The maximum atomic E-state index is 11.3. The molecule has 1 aliphatic heterocycles. The van der Waals surface area contributed by atoms with E-state index in [0.717, 1.165) is 62.1 Å². The van der Waals surface area contributed by atoms with E-state index in [4.69, 9.17) is 5.73 Å². The highest BCUT2D eigenvalue weighted by Crippen LogP contribution is 2.17. The van der Waals surface area contributed by atoms with Gasteiger partial charge in [-0.25, -0.2) is 4.98 Å². The molecule has 1 atom stereocenters. The number of guanidine groups is 1. The first kappa shape index (κ1) is 20.6. The summed E-state index contributed by atoms with van der Waals surface area (Å²) in [6, 6.07) is 0. The van der Waals surface area contributed by atoms with Crippen LogP contribution in [0.4, 0.5) is 0 Å². The molecule has 1 aromatic heterocycles. The zero-order chi connectivity index (χ0) is 18.9. The van der Waals surface area contributed by atoms with Gasteiger partial charge in [0.2, 0.25) is 5.91 Å². The van der Waals surface area contributed by atoms with Crippen molar-refractivity contribution in [3.8, 4) is 0 Å². The zero-order valence-corrected chi connectivity index (χ0v) is 16.9. The van der Waals surface area contributed by atoms with Gasteiger partial charge in [-0.15, -0.1) is 11.3 Å². The second kappa shape index (κ2) is 10.5. The summed E-state index contributed by atoms with van der Waals surface area (Å²) in [6.07, 6.45) is 2.98. The minimum atomic E-state index is -0.166. The van der Waals surface area contributed by atoms with Gasteiger partial charge in [-0.1, -0.05) is 13.8 Å². The van der Waals surface area contributed by atoms with Gasteiger partial charge in [0.1, 0.15) is 5.01 Å². The van der Waals surface area contributed by atoms with Gasteiger partial charge in [0, 0.05) is 25.5 Å². The standard InChI is InChI=1S/C18H32N6OS/c1-13(2)15-12-26-16(23-15)10-22-18(20-3)21-7-5-9-24-8-4-6-14(11-24)17(19)25/h12-14H,4-11H2,1-3H3,(H2,19,25)(H2,20,21,22). The molecule has 2 heterocycles. The number of aliphatic imine (C=N–C) groups is 1. The lowest BCUT2D eigenvalue weighted by Crippen LogP contribution is -2.42. The Morgan fingerprint density at radius 1 is 1.50 bits per heavy atom. The first-order chi connectivity index (χ1) is 12.5. The van der Waals surface area contributed by atoms with Crippen molar-refractivity contribution in [3.63, 3.8) is 0 Å². The summed E-state index contributed by atoms with van der Waals surface area (Å²) in [6.45, 7) is 8.65. The third-order valence-corrected chi connectivity index (χ3v) is 5.51. The summed E-state index contributed by atoms with van der Waals surface area (Å²) in [5, 5.41) is 9.84. The zero-order valence-electron chi connectivity index (χ0n) is 16.1. The molecule has 0 bridgehead atoms. The molecular formula is C18H32N6OS. The molecule has 1 amide bonds. The number of amides is 1. The van der Waals surface area contributed by atoms with E-state index in [1.54, 1.807) is 18.4 Å². The summed E-state index contributed by atoms with van der Waals surface area (Å²) < 4.78 is 0. The van der Waals surface area contributed by atoms with Crippen molar-refractivity contribution in [2.45, 2.75) is 45.6 Å². The summed E-state index contributed by atoms with van der Waals surface area (Å²) >= 11 is 1.68. The number of carbonyl (C=O) groups is 1. The van der Waals surface area contributed by atoms with Crippen molar-refractivity contribution in [2.24, 2.45) is 16.6 Å². The van der Waals surface area contributed by atoms with Crippen LogP contribution in [-0.4, -0.2) is 55.0 Å². The molecular weight excluding hydrogens is 348 g/mol. The first-order valence-electron chi connectivity index (χ1n) is 9.40. The SMILES string of the molecule is CN=C(NCCCN1CCCC(C(N)=O)C1)NCc1nc(C(C)C)cs1. The molecule has 7 nitrogen and oxygen atoms in total. The number of nitrogens with two attached hydrogens (primary N) is 1. The molecule has 146 valence electrons. The largest absolute Gasteiger partial charge is 0.369 e. The molecule has 1 aromatic rings. The second-order valence-electron chi connectivity index (χ2n) is 7.07. The maximum Gasteiger partial charge on any atom is 0.221 e. The number of thiazole rings is 1. The Morgan fingerprint density at radius 2 is 2.31 bits per heavy atom. The van der Waals surface area contributed by atoms with Crippen molar-refractivity contribution < 1.29 is 4.79 Å². The van der Waals surface area contributed by atoms with Gasteiger partial charge < -0.3 is 21.3 Å². The maximum absolute atomic E-state index is 11.3. The van der Waals surface area contributed by atoms with Crippen molar-refractivity contribution in [3.05, 3.63) is 16.1 Å². The van der Waals surface area contributed by atoms with Gasteiger partial charge in [-0.2, -0.15) is 0 Å². The van der Waals surface area contributed by atoms with Crippen LogP contribution in [0.25, 0.3) is 0 Å². The number of hydrogen-bond acceptors (Lipinski definition) is 5. The summed E-state index contributed by atoms with van der Waals surface area (Å²) in [7, 11) is 1.78. The number of piperidine rings is 1. The topological polar surface area (TPSA) is 95.6 Å². The number of nitrogens with one attached hydrogen (secondary N) is 2. The highest BCUT2D eigenvalue weighted by Gasteiger charge is 2.23. The lowest BCUT2D eigenvalue weighted by atomic mass is 9.97. The van der Waals surface area contributed by atoms with E-state index in [-0.39, 0.29) is 11.8 Å². The van der Waals surface area contributed by atoms with Crippen LogP contribution < -0.4 is 16.4 Å².